The third-order valence-corrected chi connectivity index (χ3v) is 6.75. The van der Waals surface area contributed by atoms with E-state index in [2.05, 4.69) is 30.8 Å². The molecule has 0 aromatic carbocycles. The third kappa shape index (κ3) is 4.41. The summed E-state index contributed by atoms with van der Waals surface area (Å²) in [4.78, 5) is 0. The van der Waals surface area contributed by atoms with Gasteiger partial charge in [-0.1, -0.05) is 20.8 Å². The molecular formula is C15H31N3O2S. The van der Waals surface area contributed by atoms with Gasteiger partial charge in [-0.2, -0.15) is 12.7 Å². The Balaban J connectivity index is 1.87. The van der Waals surface area contributed by atoms with Crippen molar-refractivity contribution in [1.29, 1.82) is 0 Å². The van der Waals surface area contributed by atoms with Gasteiger partial charge in [0.25, 0.3) is 10.2 Å². The maximum absolute atomic E-state index is 12.5. The summed E-state index contributed by atoms with van der Waals surface area (Å²) in [5, 5.41) is 3.33. The summed E-state index contributed by atoms with van der Waals surface area (Å²) >= 11 is 0. The van der Waals surface area contributed by atoms with E-state index >= 15 is 0 Å². The van der Waals surface area contributed by atoms with Crippen LogP contribution in [0.4, 0.5) is 0 Å². The second-order valence-corrected chi connectivity index (χ2v) is 8.77. The Morgan fingerprint density at radius 1 is 1.33 bits per heavy atom. The molecule has 2 aliphatic rings. The molecule has 1 unspecified atom stereocenters. The lowest BCUT2D eigenvalue weighted by molar-refractivity contribution is 0.256. The van der Waals surface area contributed by atoms with E-state index in [0.29, 0.717) is 31.5 Å². The summed E-state index contributed by atoms with van der Waals surface area (Å²) in [6.07, 6.45) is 4.38. The second-order valence-electron chi connectivity index (χ2n) is 7.02. The molecule has 5 nitrogen and oxygen atoms in total. The first kappa shape index (κ1) is 17.2. The monoisotopic (exact) mass is 317 g/mol. The number of hydrogen-bond donors (Lipinski definition) is 2. The SMILES string of the molecule is CCNCC1CCCN(S(=O)(=O)NCC2(C(C)C)CC2)C1. The van der Waals surface area contributed by atoms with E-state index in [0.717, 1.165) is 38.8 Å². The minimum atomic E-state index is -3.31. The predicted molar refractivity (Wildman–Crippen MR) is 86.3 cm³/mol. The molecule has 1 aliphatic heterocycles. The Morgan fingerprint density at radius 3 is 2.62 bits per heavy atom. The molecule has 0 amide bonds. The minimum Gasteiger partial charge on any atom is -0.317 e. The van der Waals surface area contributed by atoms with Crippen LogP contribution in [0.15, 0.2) is 0 Å². The van der Waals surface area contributed by atoms with Crippen LogP contribution in [0.5, 0.6) is 0 Å². The summed E-state index contributed by atoms with van der Waals surface area (Å²) < 4.78 is 29.5. The van der Waals surface area contributed by atoms with E-state index in [9.17, 15) is 8.42 Å². The van der Waals surface area contributed by atoms with Crippen LogP contribution in [0.25, 0.3) is 0 Å². The molecule has 1 atom stereocenters. The largest absolute Gasteiger partial charge is 0.317 e. The summed E-state index contributed by atoms with van der Waals surface area (Å²) in [5.41, 5.74) is 0.214. The zero-order valence-electron chi connectivity index (χ0n) is 13.7. The number of nitrogens with one attached hydrogen (secondary N) is 2. The van der Waals surface area contributed by atoms with Crippen molar-refractivity contribution < 1.29 is 8.42 Å². The lowest BCUT2D eigenvalue weighted by atomic mass is 9.93. The molecule has 2 N–H and O–H groups in total. The van der Waals surface area contributed by atoms with Crippen LogP contribution in [0, 0.1) is 17.3 Å². The molecule has 1 saturated carbocycles. The molecule has 21 heavy (non-hydrogen) atoms. The number of piperidine rings is 1. The van der Waals surface area contributed by atoms with Gasteiger partial charge in [0.1, 0.15) is 0 Å². The Morgan fingerprint density at radius 2 is 2.05 bits per heavy atom. The highest BCUT2D eigenvalue weighted by molar-refractivity contribution is 7.87. The highest BCUT2D eigenvalue weighted by Gasteiger charge is 2.46. The van der Waals surface area contributed by atoms with E-state index in [-0.39, 0.29) is 5.41 Å². The Labute approximate surface area is 130 Å². The molecule has 0 radical (unpaired) electrons. The molecule has 0 spiro atoms. The summed E-state index contributed by atoms with van der Waals surface area (Å²) in [6.45, 7) is 10.2. The van der Waals surface area contributed by atoms with Gasteiger partial charge in [0.05, 0.1) is 0 Å². The average Bonchev–Trinajstić information content (AvgIpc) is 3.25. The zero-order chi connectivity index (χ0) is 15.5. The lowest BCUT2D eigenvalue weighted by Gasteiger charge is -2.32. The summed E-state index contributed by atoms with van der Waals surface area (Å²) in [5.74, 6) is 0.985. The molecule has 124 valence electrons. The van der Waals surface area contributed by atoms with Gasteiger partial charge in [-0.05, 0) is 56.0 Å². The van der Waals surface area contributed by atoms with Crippen molar-refractivity contribution in [2.45, 2.75) is 46.5 Å². The van der Waals surface area contributed by atoms with Gasteiger partial charge < -0.3 is 5.32 Å². The fourth-order valence-electron chi connectivity index (χ4n) is 3.21. The van der Waals surface area contributed by atoms with Crippen LogP contribution in [0.2, 0.25) is 0 Å². The molecular weight excluding hydrogens is 286 g/mol. The van der Waals surface area contributed by atoms with Gasteiger partial charge in [-0.3, -0.25) is 0 Å². The lowest BCUT2D eigenvalue weighted by Crippen LogP contribution is -2.49. The number of rotatable bonds is 8. The molecule has 0 aromatic heterocycles. The van der Waals surface area contributed by atoms with Gasteiger partial charge in [0.15, 0.2) is 0 Å². The molecule has 1 aliphatic carbocycles. The standard InChI is InChI=1S/C15H31N3O2S/c1-4-16-10-14-6-5-9-18(11-14)21(19,20)17-12-15(7-8-15)13(2)3/h13-14,16-17H,4-12H2,1-3H3. The Hall–Kier alpha value is -0.170. The van der Waals surface area contributed by atoms with E-state index in [1.54, 1.807) is 4.31 Å². The van der Waals surface area contributed by atoms with Gasteiger partial charge in [0, 0.05) is 19.6 Å². The molecule has 0 aromatic rings. The van der Waals surface area contributed by atoms with E-state index in [1.807, 2.05) is 0 Å². The van der Waals surface area contributed by atoms with E-state index < -0.39 is 10.2 Å². The van der Waals surface area contributed by atoms with Gasteiger partial charge in [-0.25, -0.2) is 4.72 Å². The quantitative estimate of drug-likeness (QED) is 0.714. The van der Waals surface area contributed by atoms with E-state index in [4.69, 9.17) is 0 Å². The van der Waals surface area contributed by atoms with Crippen molar-refractivity contribution in [3.63, 3.8) is 0 Å². The fourth-order valence-corrected chi connectivity index (χ4v) is 4.63. The van der Waals surface area contributed by atoms with Crippen molar-refractivity contribution in [2.75, 3.05) is 32.7 Å². The number of nitrogens with zero attached hydrogens (tertiary/aromatic N) is 1. The first-order valence-electron chi connectivity index (χ1n) is 8.35. The Bertz CT molecular complexity index is 432. The highest BCUT2D eigenvalue weighted by atomic mass is 32.2. The molecule has 1 heterocycles. The van der Waals surface area contributed by atoms with Crippen LogP contribution in [0.3, 0.4) is 0 Å². The van der Waals surface area contributed by atoms with Crippen molar-refractivity contribution >= 4 is 10.2 Å². The molecule has 0 bridgehead atoms. The summed E-state index contributed by atoms with van der Waals surface area (Å²) in [7, 11) is -3.31. The molecule has 2 rings (SSSR count). The first-order chi connectivity index (χ1) is 9.89. The predicted octanol–water partition coefficient (Wildman–Crippen LogP) is 1.58. The van der Waals surface area contributed by atoms with E-state index in [1.165, 1.54) is 0 Å². The summed E-state index contributed by atoms with van der Waals surface area (Å²) in [6, 6.07) is 0. The Kier molecular flexibility index (Phi) is 5.68. The van der Waals surface area contributed by atoms with Crippen molar-refractivity contribution in [3.05, 3.63) is 0 Å². The fraction of sp³-hybridized carbons (Fsp3) is 1.00. The van der Waals surface area contributed by atoms with Crippen molar-refractivity contribution in [1.82, 2.24) is 14.3 Å². The van der Waals surface area contributed by atoms with Crippen LogP contribution < -0.4 is 10.0 Å². The van der Waals surface area contributed by atoms with Crippen LogP contribution in [-0.2, 0) is 10.2 Å². The smallest absolute Gasteiger partial charge is 0.279 e. The van der Waals surface area contributed by atoms with Crippen LogP contribution >= 0.6 is 0 Å². The topological polar surface area (TPSA) is 61.4 Å². The van der Waals surface area contributed by atoms with Crippen LogP contribution in [-0.4, -0.2) is 45.4 Å². The van der Waals surface area contributed by atoms with Gasteiger partial charge in [0.2, 0.25) is 0 Å². The second kappa shape index (κ2) is 6.94. The zero-order valence-corrected chi connectivity index (χ0v) is 14.5. The van der Waals surface area contributed by atoms with Crippen molar-refractivity contribution in [3.8, 4) is 0 Å². The van der Waals surface area contributed by atoms with Gasteiger partial charge in [-0.15, -0.1) is 0 Å². The minimum absolute atomic E-state index is 0.214. The maximum Gasteiger partial charge on any atom is 0.279 e. The molecule has 1 saturated heterocycles. The first-order valence-corrected chi connectivity index (χ1v) is 9.79. The van der Waals surface area contributed by atoms with Gasteiger partial charge >= 0.3 is 0 Å². The highest BCUT2D eigenvalue weighted by Crippen LogP contribution is 2.51. The molecule has 2 fully saturated rings. The van der Waals surface area contributed by atoms with Crippen LogP contribution in [0.1, 0.15) is 46.5 Å². The molecule has 6 heteroatoms. The normalized spacial score (nSPS) is 26.2. The maximum atomic E-state index is 12.5. The third-order valence-electron chi connectivity index (χ3n) is 5.23. The number of hydrogen-bond acceptors (Lipinski definition) is 3. The average molecular weight is 317 g/mol. The van der Waals surface area contributed by atoms with Crippen molar-refractivity contribution in [2.24, 2.45) is 17.3 Å².